The Bertz CT molecular complexity index is 2000. The zero-order chi connectivity index (χ0) is 29.1. The fourth-order valence-corrected chi connectivity index (χ4v) is 4.96. The lowest BCUT2D eigenvalue weighted by Crippen LogP contribution is -2.28. The first kappa shape index (κ1) is 26.5. The number of hydrogen-bond donors (Lipinski definition) is 1. The SMILES string of the molecule is CCOc1ncc(-c2cccc3nc([C@H](CC)Nc4ncnc5ccc(C#N)cc45)n(-c4ccccc4)c(=O)c23)cn1. The van der Waals surface area contributed by atoms with Gasteiger partial charge in [-0.05, 0) is 55.3 Å². The Morgan fingerprint density at radius 3 is 2.50 bits per heavy atom. The Morgan fingerprint density at radius 1 is 0.952 bits per heavy atom. The van der Waals surface area contributed by atoms with Crippen LogP contribution in [0.2, 0.25) is 0 Å². The third-order valence-corrected chi connectivity index (χ3v) is 6.95. The molecule has 0 aliphatic heterocycles. The largest absolute Gasteiger partial charge is 0.464 e. The van der Waals surface area contributed by atoms with Crippen molar-refractivity contribution in [3.05, 3.63) is 107 Å². The van der Waals surface area contributed by atoms with Crippen LogP contribution in [0.3, 0.4) is 0 Å². The third-order valence-electron chi connectivity index (χ3n) is 6.95. The molecule has 1 atom stereocenters. The molecule has 0 bridgehead atoms. The lowest BCUT2D eigenvalue weighted by Gasteiger charge is -2.23. The maximum atomic E-state index is 14.5. The lowest BCUT2D eigenvalue weighted by molar-refractivity contribution is 0.312. The Kier molecular flexibility index (Phi) is 7.22. The highest BCUT2D eigenvalue weighted by Gasteiger charge is 2.23. The molecule has 6 aromatic rings. The molecule has 10 nitrogen and oxygen atoms in total. The van der Waals surface area contributed by atoms with E-state index in [0.717, 1.165) is 0 Å². The maximum Gasteiger partial charge on any atom is 0.316 e. The van der Waals surface area contributed by atoms with E-state index in [-0.39, 0.29) is 11.6 Å². The molecule has 3 aromatic heterocycles. The van der Waals surface area contributed by atoms with Crippen molar-refractivity contribution in [2.24, 2.45) is 0 Å². The van der Waals surface area contributed by atoms with Crippen LogP contribution in [0.4, 0.5) is 5.82 Å². The van der Waals surface area contributed by atoms with Gasteiger partial charge in [0.25, 0.3) is 5.56 Å². The van der Waals surface area contributed by atoms with Gasteiger partial charge in [0.1, 0.15) is 18.0 Å². The van der Waals surface area contributed by atoms with Crippen LogP contribution in [0.15, 0.2) is 90.2 Å². The summed E-state index contributed by atoms with van der Waals surface area (Å²) in [7, 11) is 0. The second-order valence-corrected chi connectivity index (χ2v) is 9.50. The molecule has 0 amide bonds. The van der Waals surface area contributed by atoms with Crippen molar-refractivity contribution in [3.8, 4) is 28.9 Å². The van der Waals surface area contributed by atoms with E-state index in [4.69, 9.17) is 9.72 Å². The number of benzene rings is 3. The van der Waals surface area contributed by atoms with Crippen molar-refractivity contribution in [1.29, 1.82) is 5.26 Å². The van der Waals surface area contributed by atoms with Crippen LogP contribution in [-0.4, -0.2) is 36.1 Å². The van der Waals surface area contributed by atoms with Crippen LogP contribution in [0, 0.1) is 11.3 Å². The number of rotatable bonds is 8. The predicted molar refractivity (Wildman–Crippen MR) is 160 cm³/mol. The molecule has 6 rings (SSSR count). The minimum atomic E-state index is -0.399. The van der Waals surface area contributed by atoms with Crippen molar-refractivity contribution in [3.63, 3.8) is 0 Å². The molecule has 0 unspecified atom stereocenters. The molecule has 42 heavy (non-hydrogen) atoms. The van der Waals surface area contributed by atoms with E-state index in [1.807, 2.05) is 62.4 Å². The molecule has 3 aromatic carbocycles. The van der Waals surface area contributed by atoms with Gasteiger partial charge in [-0.3, -0.25) is 9.36 Å². The molecule has 0 saturated carbocycles. The van der Waals surface area contributed by atoms with E-state index in [0.29, 0.717) is 68.9 Å². The van der Waals surface area contributed by atoms with Crippen molar-refractivity contribution in [2.75, 3.05) is 11.9 Å². The summed E-state index contributed by atoms with van der Waals surface area (Å²) in [6.07, 6.45) is 5.38. The highest BCUT2D eigenvalue weighted by atomic mass is 16.5. The average Bonchev–Trinajstić information content (AvgIpc) is 3.04. The zero-order valence-electron chi connectivity index (χ0n) is 23.0. The summed E-state index contributed by atoms with van der Waals surface area (Å²) in [5.41, 5.74) is 3.58. The van der Waals surface area contributed by atoms with E-state index < -0.39 is 6.04 Å². The fourth-order valence-electron chi connectivity index (χ4n) is 4.96. The van der Waals surface area contributed by atoms with E-state index in [2.05, 4.69) is 31.3 Å². The van der Waals surface area contributed by atoms with Crippen molar-refractivity contribution >= 4 is 27.6 Å². The molecule has 1 N–H and O–H groups in total. The number of aromatic nitrogens is 6. The number of fused-ring (bicyclic) bond motifs is 2. The van der Waals surface area contributed by atoms with Gasteiger partial charge in [0, 0.05) is 23.3 Å². The van der Waals surface area contributed by atoms with Gasteiger partial charge in [0.15, 0.2) is 0 Å². The van der Waals surface area contributed by atoms with Crippen molar-refractivity contribution in [1.82, 2.24) is 29.5 Å². The summed E-state index contributed by atoms with van der Waals surface area (Å²) in [6, 6.07) is 22.3. The molecular formula is C32H26N8O2. The number of para-hydroxylation sites is 1. The van der Waals surface area contributed by atoms with Gasteiger partial charge >= 0.3 is 6.01 Å². The van der Waals surface area contributed by atoms with Gasteiger partial charge in [0.05, 0.1) is 46.4 Å². The van der Waals surface area contributed by atoms with Crippen LogP contribution in [0.1, 0.15) is 37.7 Å². The molecule has 206 valence electrons. The normalized spacial score (nSPS) is 11.7. The topological polar surface area (TPSA) is 132 Å². The van der Waals surface area contributed by atoms with Crippen LogP contribution in [-0.2, 0) is 0 Å². The first-order valence-electron chi connectivity index (χ1n) is 13.6. The van der Waals surface area contributed by atoms with Gasteiger partial charge in [-0.1, -0.05) is 37.3 Å². The molecule has 0 saturated heterocycles. The van der Waals surface area contributed by atoms with Crippen LogP contribution in [0.25, 0.3) is 38.6 Å². The number of ether oxygens (including phenoxy) is 1. The Labute approximate surface area is 241 Å². The molecule has 0 aliphatic carbocycles. The van der Waals surface area contributed by atoms with Crippen molar-refractivity contribution in [2.45, 2.75) is 26.3 Å². The van der Waals surface area contributed by atoms with Crippen LogP contribution >= 0.6 is 0 Å². The minimum Gasteiger partial charge on any atom is -0.464 e. The first-order valence-corrected chi connectivity index (χ1v) is 13.6. The summed E-state index contributed by atoms with van der Waals surface area (Å²) >= 11 is 0. The summed E-state index contributed by atoms with van der Waals surface area (Å²) in [4.78, 5) is 37.0. The quantitative estimate of drug-likeness (QED) is 0.255. The number of nitrogens with one attached hydrogen (secondary N) is 1. The number of nitrogens with zero attached hydrogens (tertiary/aromatic N) is 7. The predicted octanol–water partition coefficient (Wildman–Crippen LogP) is 5.62. The van der Waals surface area contributed by atoms with E-state index in [9.17, 15) is 10.1 Å². The third kappa shape index (κ3) is 4.88. The van der Waals surface area contributed by atoms with Gasteiger partial charge in [-0.2, -0.15) is 5.26 Å². The van der Waals surface area contributed by atoms with E-state index in [1.54, 1.807) is 35.2 Å². The van der Waals surface area contributed by atoms with Gasteiger partial charge < -0.3 is 10.1 Å². The van der Waals surface area contributed by atoms with E-state index in [1.165, 1.54) is 6.33 Å². The second kappa shape index (κ2) is 11.4. The molecule has 0 fully saturated rings. The fraction of sp³-hybridized carbons (Fsp3) is 0.156. The zero-order valence-corrected chi connectivity index (χ0v) is 23.0. The molecular weight excluding hydrogens is 528 g/mol. The first-order chi connectivity index (χ1) is 20.6. The monoisotopic (exact) mass is 554 g/mol. The molecule has 0 aliphatic rings. The lowest BCUT2D eigenvalue weighted by atomic mass is 10.0. The van der Waals surface area contributed by atoms with Crippen LogP contribution in [0.5, 0.6) is 6.01 Å². The highest BCUT2D eigenvalue weighted by Crippen LogP contribution is 2.30. The van der Waals surface area contributed by atoms with E-state index >= 15 is 0 Å². The second-order valence-electron chi connectivity index (χ2n) is 9.50. The summed E-state index contributed by atoms with van der Waals surface area (Å²) < 4.78 is 7.04. The number of nitriles is 1. The standard InChI is InChI=1S/C32H26N8O2/c1-3-25(38-29-24-15-20(16-33)13-14-26(24)36-19-37-29)30-39-27-12-8-11-23(21-17-34-32(35-18-21)42-4-2)28(27)31(41)40(30)22-9-6-5-7-10-22/h5-15,17-19,25H,3-4H2,1-2H3,(H,36,37,38)/t25-/m0/s1. The number of anilines is 1. The smallest absolute Gasteiger partial charge is 0.316 e. The van der Waals surface area contributed by atoms with Gasteiger partial charge in [-0.15, -0.1) is 0 Å². The Hall–Kier alpha value is -5.69. The summed E-state index contributed by atoms with van der Waals surface area (Å²) in [6.45, 7) is 4.34. The minimum absolute atomic E-state index is 0.217. The number of hydrogen-bond acceptors (Lipinski definition) is 9. The Morgan fingerprint density at radius 2 is 1.76 bits per heavy atom. The Balaban J connectivity index is 1.55. The molecule has 10 heteroatoms. The average molecular weight is 555 g/mol. The van der Waals surface area contributed by atoms with Crippen LogP contribution < -0.4 is 15.6 Å². The van der Waals surface area contributed by atoms with Crippen molar-refractivity contribution < 1.29 is 4.74 Å². The van der Waals surface area contributed by atoms with Gasteiger partial charge in [-0.25, -0.2) is 24.9 Å². The summed E-state index contributed by atoms with van der Waals surface area (Å²) in [5, 5.41) is 14.1. The van der Waals surface area contributed by atoms with Gasteiger partial charge in [0.2, 0.25) is 0 Å². The highest BCUT2D eigenvalue weighted by molar-refractivity contribution is 5.94. The summed E-state index contributed by atoms with van der Waals surface area (Å²) in [5.74, 6) is 1.09. The molecule has 0 spiro atoms. The molecule has 3 heterocycles. The molecule has 0 radical (unpaired) electrons. The maximum absolute atomic E-state index is 14.5.